The molecular formula is C22H22F2N6O2. The van der Waals surface area contributed by atoms with Crippen LogP contribution in [0.3, 0.4) is 0 Å². The van der Waals surface area contributed by atoms with Crippen molar-refractivity contribution in [2.75, 3.05) is 12.3 Å². The second-order valence-corrected chi connectivity index (χ2v) is 6.85. The number of halogens is 2. The number of nitrogens with two attached hydrogens (primary N) is 2. The normalized spacial score (nSPS) is 11.7. The van der Waals surface area contributed by atoms with Crippen molar-refractivity contribution >= 4 is 17.7 Å². The van der Waals surface area contributed by atoms with E-state index >= 15 is 0 Å². The molecule has 10 heteroatoms. The second-order valence-electron chi connectivity index (χ2n) is 6.85. The largest absolute Gasteiger partial charge is 0.384 e. The number of anilines is 1. The quantitative estimate of drug-likeness (QED) is 0.314. The minimum Gasteiger partial charge on any atom is -0.384 e. The topological polar surface area (TPSA) is 140 Å². The van der Waals surface area contributed by atoms with Crippen LogP contribution in [0.2, 0.25) is 0 Å². The van der Waals surface area contributed by atoms with Crippen LogP contribution in [0.4, 0.5) is 14.7 Å². The minimum absolute atomic E-state index is 0.0373. The molecule has 8 nitrogen and oxygen atoms in total. The molecule has 0 spiro atoms. The summed E-state index contributed by atoms with van der Waals surface area (Å²) in [6.07, 6.45) is 1.22. The first-order chi connectivity index (χ1) is 15.3. The third-order valence-electron chi connectivity index (χ3n) is 4.65. The molecule has 0 aliphatic carbocycles. The number of hydrogen-bond acceptors (Lipinski definition) is 6. The van der Waals surface area contributed by atoms with E-state index < -0.39 is 29.2 Å². The molecule has 1 heterocycles. The van der Waals surface area contributed by atoms with Gasteiger partial charge in [0.15, 0.2) is 6.10 Å². The fourth-order valence-corrected chi connectivity index (χ4v) is 3.03. The maximum Gasteiger partial charge on any atom is 0.254 e. The van der Waals surface area contributed by atoms with Gasteiger partial charge in [0, 0.05) is 36.7 Å². The van der Waals surface area contributed by atoms with Gasteiger partial charge in [0.2, 0.25) is 5.95 Å². The van der Waals surface area contributed by atoms with Gasteiger partial charge in [0.1, 0.15) is 17.5 Å². The summed E-state index contributed by atoms with van der Waals surface area (Å²) in [5.41, 5.74) is 12.2. The molecule has 0 aliphatic heterocycles. The Balaban J connectivity index is 1.81. The first-order valence-electron chi connectivity index (χ1n) is 9.69. The Morgan fingerprint density at radius 1 is 1.12 bits per heavy atom. The Morgan fingerprint density at radius 2 is 1.72 bits per heavy atom. The molecule has 6 N–H and O–H groups in total. The lowest BCUT2D eigenvalue weighted by Crippen LogP contribution is -2.31. The maximum absolute atomic E-state index is 14.9. The van der Waals surface area contributed by atoms with Crippen LogP contribution in [0.15, 0.2) is 48.8 Å². The molecule has 32 heavy (non-hydrogen) atoms. The molecule has 1 aromatic heterocycles. The van der Waals surface area contributed by atoms with Crippen molar-refractivity contribution in [1.29, 1.82) is 5.41 Å². The molecule has 1 amide bonds. The van der Waals surface area contributed by atoms with Crippen LogP contribution in [-0.4, -0.2) is 28.3 Å². The Bertz CT molecular complexity index is 1100. The molecule has 2 aromatic carbocycles. The molecule has 3 aromatic rings. The van der Waals surface area contributed by atoms with Gasteiger partial charge in [0.25, 0.3) is 5.91 Å². The first-order valence-corrected chi connectivity index (χ1v) is 9.69. The Kier molecular flexibility index (Phi) is 7.06. The highest BCUT2D eigenvalue weighted by atomic mass is 19.1. The van der Waals surface area contributed by atoms with Gasteiger partial charge in [-0.25, -0.2) is 18.7 Å². The van der Waals surface area contributed by atoms with Crippen molar-refractivity contribution in [2.45, 2.75) is 19.6 Å². The van der Waals surface area contributed by atoms with Gasteiger partial charge < -0.3 is 21.5 Å². The summed E-state index contributed by atoms with van der Waals surface area (Å²) in [6.45, 7) is 1.79. The number of aromatic nitrogens is 2. The van der Waals surface area contributed by atoms with E-state index in [0.717, 1.165) is 17.7 Å². The van der Waals surface area contributed by atoms with E-state index in [0.29, 0.717) is 11.1 Å². The monoisotopic (exact) mass is 440 g/mol. The lowest BCUT2D eigenvalue weighted by Gasteiger charge is -2.19. The summed E-state index contributed by atoms with van der Waals surface area (Å²) in [6, 6.07) is 8.85. The van der Waals surface area contributed by atoms with Crippen molar-refractivity contribution in [1.82, 2.24) is 15.3 Å². The Morgan fingerprint density at radius 3 is 2.25 bits per heavy atom. The molecule has 166 valence electrons. The molecule has 0 saturated carbocycles. The number of nitrogen functional groups attached to an aromatic ring is 2. The molecular weight excluding hydrogens is 418 g/mol. The number of carbonyl (C=O) groups is 1. The van der Waals surface area contributed by atoms with Crippen molar-refractivity contribution in [3.05, 3.63) is 77.1 Å². The average Bonchev–Trinajstić information content (AvgIpc) is 2.77. The SMILES string of the molecule is CCO[C@H](C(=O)NCc1ccc(C(=N)N)cc1)c1c(F)cc(-c2cnc(N)nc2)cc1F. The van der Waals surface area contributed by atoms with E-state index in [1.807, 2.05) is 0 Å². The number of amides is 1. The van der Waals surface area contributed by atoms with E-state index in [4.69, 9.17) is 21.6 Å². The highest BCUT2D eigenvalue weighted by Crippen LogP contribution is 2.29. The van der Waals surface area contributed by atoms with Gasteiger partial charge in [-0.15, -0.1) is 0 Å². The Hall–Kier alpha value is -3.92. The molecule has 0 fully saturated rings. The number of hydrogen-bond donors (Lipinski definition) is 4. The zero-order valence-electron chi connectivity index (χ0n) is 17.2. The van der Waals surface area contributed by atoms with Gasteiger partial charge in [-0.3, -0.25) is 10.2 Å². The summed E-state index contributed by atoms with van der Waals surface area (Å²) < 4.78 is 35.2. The number of amidine groups is 1. The third kappa shape index (κ3) is 5.22. The summed E-state index contributed by atoms with van der Waals surface area (Å²) in [4.78, 5) is 20.3. The van der Waals surface area contributed by atoms with Crippen LogP contribution in [0.5, 0.6) is 0 Å². The van der Waals surface area contributed by atoms with Crippen LogP contribution in [0, 0.1) is 17.0 Å². The number of rotatable bonds is 8. The maximum atomic E-state index is 14.9. The molecule has 0 aliphatic rings. The summed E-state index contributed by atoms with van der Waals surface area (Å²) in [5, 5.41) is 10.0. The summed E-state index contributed by atoms with van der Waals surface area (Å²) in [5.74, 6) is -2.59. The van der Waals surface area contributed by atoms with Gasteiger partial charge >= 0.3 is 0 Å². The van der Waals surface area contributed by atoms with Crippen molar-refractivity contribution in [2.24, 2.45) is 5.73 Å². The van der Waals surface area contributed by atoms with E-state index in [2.05, 4.69) is 15.3 Å². The number of carbonyl (C=O) groups excluding carboxylic acids is 1. The zero-order chi connectivity index (χ0) is 23.3. The van der Waals surface area contributed by atoms with Crippen LogP contribution >= 0.6 is 0 Å². The van der Waals surface area contributed by atoms with E-state index in [-0.39, 0.29) is 30.5 Å². The third-order valence-corrected chi connectivity index (χ3v) is 4.65. The molecule has 3 rings (SSSR count). The molecule has 1 atom stereocenters. The number of nitrogens with one attached hydrogen (secondary N) is 2. The highest BCUT2D eigenvalue weighted by molar-refractivity contribution is 5.94. The van der Waals surface area contributed by atoms with E-state index in [9.17, 15) is 13.6 Å². The highest BCUT2D eigenvalue weighted by Gasteiger charge is 2.28. The predicted octanol–water partition coefficient (Wildman–Crippen LogP) is 2.68. The van der Waals surface area contributed by atoms with E-state index in [1.165, 1.54) is 12.4 Å². The number of nitrogens with zero attached hydrogens (tertiary/aromatic N) is 2. The van der Waals surface area contributed by atoms with Crippen LogP contribution < -0.4 is 16.8 Å². The fourth-order valence-electron chi connectivity index (χ4n) is 3.03. The van der Waals surface area contributed by atoms with Crippen molar-refractivity contribution in [3.63, 3.8) is 0 Å². The smallest absolute Gasteiger partial charge is 0.254 e. The van der Waals surface area contributed by atoms with Gasteiger partial charge in [0.05, 0.1) is 5.56 Å². The van der Waals surface area contributed by atoms with Gasteiger partial charge in [-0.1, -0.05) is 24.3 Å². The van der Waals surface area contributed by atoms with Crippen molar-refractivity contribution in [3.8, 4) is 11.1 Å². The van der Waals surface area contributed by atoms with Crippen LogP contribution in [0.25, 0.3) is 11.1 Å². The molecule has 0 radical (unpaired) electrons. The Labute approximate surface area is 183 Å². The first kappa shape index (κ1) is 22.8. The van der Waals surface area contributed by atoms with Gasteiger partial charge in [-0.05, 0) is 30.2 Å². The fraction of sp³-hybridized carbons (Fsp3) is 0.182. The predicted molar refractivity (Wildman–Crippen MR) is 115 cm³/mol. The average molecular weight is 440 g/mol. The molecule has 0 bridgehead atoms. The standard InChI is InChI=1S/C22H22F2N6O2/c1-2-32-19(21(31)28-9-12-3-5-13(6-4-12)20(25)26)18-16(23)7-14(8-17(18)24)15-10-29-22(27)30-11-15/h3-8,10-11,19H,2,9H2,1H3,(H3,25,26)(H,28,31)(H2,27,29,30)/t19-/m0/s1. The van der Waals surface area contributed by atoms with E-state index in [1.54, 1.807) is 31.2 Å². The van der Waals surface area contributed by atoms with Crippen molar-refractivity contribution < 1.29 is 18.3 Å². The lowest BCUT2D eigenvalue weighted by molar-refractivity contribution is -0.133. The lowest BCUT2D eigenvalue weighted by atomic mass is 10.0. The summed E-state index contributed by atoms with van der Waals surface area (Å²) in [7, 11) is 0. The van der Waals surface area contributed by atoms with Crippen LogP contribution in [-0.2, 0) is 16.1 Å². The zero-order valence-corrected chi connectivity index (χ0v) is 17.2. The number of ether oxygens (including phenoxy) is 1. The molecule has 0 unspecified atom stereocenters. The minimum atomic E-state index is -1.48. The van der Waals surface area contributed by atoms with Crippen LogP contribution in [0.1, 0.15) is 29.7 Å². The second kappa shape index (κ2) is 9.92. The number of benzene rings is 2. The van der Waals surface area contributed by atoms with Gasteiger partial charge in [-0.2, -0.15) is 0 Å². The summed E-state index contributed by atoms with van der Waals surface area (Å²) >= 11 is 0. The molecule has 0 saturated heterocycles.